The summed E-state index contributed by atoms with van der Waals surface area (Å²) in [7, 11) is 4.47. The number of anilines is 2. The molecule has 2 heterocycles. The van der Waals surface area contributed by atoms with Gasteiger partial charge < -0.3 is 24.3 Å². The van der Waals surface area contributed by atoms with Crippen molar-refractivity contribution in [2.75, 3.05) is 32.0 Å². The van der Waals surface area contributed by atoms with Gasteiger partial charge in [0.05, 0.1) is 32.7 Å². The van der Waals surface area contributed by atoms with E-state index < -0.39 is 6.10 Å². The second-order valence-corrected chi connectivity index (χ2v) is 7.72. The molecule has 3 aromatic rings. The molecule has 32 heavy (non-hydrogen) atoms. The predicted octanol–water partition coefficient (Wildman–Crippen LogP) is 3.81. The van der Waals surface area contributed by atoms with Crippen LogP contribution in [-0.2, 0) is 4.79 Å². The molecular formula is C22H21N3O6S. The predicted molar refractivity (Wildman–Crippen MR) is 120 cm³/mol. The summed E-state index contributed by atoms with van der Waals surface area (Å²) in [6.07, 6.45) is -0.537. The van der Waals surface area contributed by atoms with Gasteiger partial charge in [0.25, 0.3) is 11.8 Å². The van der Waals surface area contributed by atoms with E-state index in [1.807, 2.05) is 11.4 Å². The zero-order chi connectivity index (χ0) is 22.8. The van der Waals surface area contributed by atoms with Gasteiger partial charge in [-0.1, -0.05) is 0 Å². The number of fused-ring (bicyclic) bond motifs is 1. The van der Waals surface area contributed by atoms with Crippen LogP contribution in [0, 0.1) is 0 Å². The minimum atomic E-state index is -0.537. The van der Waals surface area contributed by atoms with Crippen molar-refractivity contribution in [3.05, 3.63) is 41.3 Å². The summed E-state index contributed by atoms with van der Waals surface area (Å²) < 4.78 is 21.5. The third-order valence-corrected chi connectivity index (χ3v) is 5.62. The number of thiazole rings is 1. The van der Waals surface area contributed by atoms with Crippen LogP contribution in [0.1, 0.15) is 17.3 Å². The first-order chi connectivity index (χ1) is 15.4. The number of hydrogen-bond donors (Lipinski definition) is 2. The number of amides is 2. The Morgan fingerprint density at radius 1 is 1.12 bits per heavy atom. The topological polar surface area (TPSA) is 108 Å². The van der Waals surface area contributed by atoms with Crippen molar-refractivity contribution in [1.82, 2.24) is 4.98 Å². The van der Waals surface area contributed by atoms with Crippen molar-refractivity contribution in [3.63, 3.8) is 0 Å². The van der Waals surface area contributed by atoms with Crippen LogP contribution in [0.3, 0.4) is 0 Å². The highest BCUT2D eigenvalue weighted by atomic mass is 32.1. The van der Waals surface area contributed by atoms with Crippen molar-refractivity contribution in [3.8, 4) is 34.3 Å². The zero-order valence-electron chi connectivity index (χ0n) is 17.8. The minimum absolute atomic E-state index is 0.203. The number of carbonyl (C=O) groups is 2. The zero-order valence-corrected chi connectivity index (χ0v) is 18.7. The molecule has 2 N–H and O–H groups in total. The molecule has 10 heteroatoms. The lowest BCUT2D eigenvalue weighted by Gasteiger charge is -2.23. The Hall–Kier alpha value is -3.79. The largest absolute Gasteiger partial charge is 0.493 e. The summed E-state index contributed by atoms with van der Waals surface area (Å²) in [5, 5.41) is 7.85. The summed E-state index contributed by atoms with van der Waals surface area (Å²) >= 11 is 1.28. The third-order valence-electron chi connectivity index (χ3n) is 4.86. The first-order valence-corrected chi connectivity index (χ1v) is 10.5. The number of ether oxygens (including phenoxy) is 4. The Balaban J connectivity index is 1.55. The Bertz CT molecular complexity index is 1170. The Morgan fingerprint density at radius 2 is 1.84 bits per heavy atom. The van der Waals surface area contributed by atoms with Crippen molar-refractivity contribution >= 4 is 34.0 Å². The summed E-state index contributed by atoms with van der Waals surface area (Å²) in [6, 6.07) is 8.56. The maximum Gasteiger partial charge on any atom is 0.265 e. The third kappa shape index (κ3) is 4.04. The molecule has 0 radical (unpaired) electrons. The lowest BCUT2D eigenvalue weighted by atomic mass is 10.1. The van der Waals surface area contributed by atoms with Crippen molar-refractivity contribution in [2.45, 2.75) is 13.0 Å². The van der Waals surface area contributed by atoms with E-state index in [2.05, 4.69) is 15.6 Å². The molecule has 166 valence electrons. The first-order valence-electron chi connectivity index (χ1n) is 9.62. The van der Waals surface area contributed by atoms with Gasteiger partial charge >= 0.3 is 0 Å². The number of hydrogen-bond acceptors (Lipinski definition) is 8. The molecule has 2 aromatic carbocycles. The lowest BCUT2D eigenvalue weighted by Crippen LogP contribution is -2.34. The van der Waals surface area contributed by atoms with E-state index in [0.29, 0.717) is 45.1 Å². The molecule has 0 saturated heterocycles. The van der Waals surface area contributed by atoms with Crippen LogP contribution in [0.4, 0.5) is 10.8 Å². The van der Waals surface area contributed by atoms with E-state index in [1.165, 1.54) is 32.7 Å². The highest BCUT2D eigenvalue weighted by molar-refractivity contribution is 7.14. The first kappa shape index (κ1) is 21.4. The molecule has 1 atom stereocenters. The van der Waals surface area contributed by atoms with Crippen molar-refractivity contribution in [2.24, 2.45) is 0 Å². The Morgan fingerprint density at radius 3 is 2.50 bits per heavy atom. The minimum Gasteiger partial charge on any atom is -0.493 e. The molecule has 4 rings (SSSR count). The molecule has 1 aliphatic rings. The number of nitrogens with zero attached hydrogens (tertiary/aromatic N) is 1. The monoisotopic (exact) mass is 455 g/mol. The normalized spacial score (nSPS) is 14.6. The van der Waals surface area contributed by atoms with E-state index in [9.17, 15) is 9.59 Å². The van der Waals surface area contributed by atoms with Gasteiger partial charge in [0.1, 0.15) is 5.75 Å². The van der Waals surface area contributed by atoms with E-state index in [1.54, 1.807) is 31.2 Å². The number of nitrogens with one attached hydrogen (secondary N) is 2. The van der Waals surface area contributed by atoms with Crippen LogP contribution in [-0.4, -0.2) is 44.2 Å². The second-order valence-electron chi connectivity index (χ2n) is 6.87. The molecule has 0 fully saturated rings. The number of carbonyl (C=O) groups excluding carboxylic acids is 2. The molecule has 1 aromatic heterocycles. The molecule has 1 aliphatic heterocycles. The summed E-state index contributed by atoms with van der Waals surface area (Å²) in [4.78, 5) is 29.2. The highest BCUT2D eigenvalue weighted by Gasteiger charge is 2.24. The van der Waals surface area contributed by atoms with Gasteiger partial charge in [-0.2, -0.15) is 0 Å². The molecule has 2 amide bonds. The molecule has 0 aliphatic carbocycles. The number of aromatic nitrogens is 1. The van der Waals surface area contributed by atoms with Gasteiger partial charge in [0.2, 0.25) is 5.75 Å². The lowest BCUT2D eigenvalue weighted by molar-refractivity contribution is -0.122. The molecule has 0 saturated carbocycles. The number of rotatable bonds is 6. The van der Waals surface area contributed by atoms with Gasteiger partial charge in [-0.25, -0.2) is 4.98 Å². The Kier molecular flexibility index (Phi) is 5.87. The molecule has 0 bridgehead atoms. The quantitative estimate of drug-likeness (QED) is 0.582. The van der Waals surface area contributed by atoms with Crippen LogP contribution < -0.4 is 29.6 Å². The maximum atomic E-state index is 12.8. The van der Waals surface area contributed by atoms with Crippen LogP contribution in [0.25, 0.3) is 11.3 Å². The fraction of sp³-hybridized carbons (Fsp3) is 0.227. The van der Waals surface area contributed by atoms with Gasteiger partial charge in [0.15, 0.2) is 22.7 Å². The summed E-state index contributed by atoms with van der Waals surface area (Å²) in [6.45, 7) is 1.69. The molecule has 9 nitrogen and oxygen atoms in total. The fourth-order valence-electron chi connectivity index (χ4n) is 3.21. The van der Waals surface area contributed by atoms with Gasteiger partial charge in [0, 0.05) is 16.5 Å². The summed E-state index contributed by atoms with van der Waals surface area (Å²) in [5.41, 5.74) is 2.36. The van der Waals surface area contributed by atoms with Gasteiger partial charge in [-0.15, -0.1) is 11.3 Å². The van der Waals surface area contributed by atoms with Crippen molar-refractivity contribution < 1.29 is 28.5 Å². The molecular weight excluding hydrogens is 434 g/mol. The standard InChI is InChI=1S/C22H21N3O6S/c1-11-20(26)23-14-7-12(5-6-16(14)31-11)15-10-32-22(24-15)25-21(27)13-8-17(28-2)19(30-4)18(9-13)29-3/h5-11H,1-4H3,(H,23,26)(H,24,25,27)/t11-/m0/s1. The average molecular weight is 455 g/mol. The SMILES string of the molecule is COc1cc(C(=O)Nc2nc(-c3ccc4c(c3)NC(=O)[C@H](C)O4)cs2)cc(OC)c1OC. The fourth-order valence-corrected chi connectivity index (χ4v) is 3.93. The Labute approximate surface area is 188 Å². The van der Waals surface area contributed by atoms with Crippen LogP contribution in [0.5, 0.6) is 23.0 Å². The summed E-state index contributed by atoms with van der Waals surface area (Å²) in [5.74, 6) is 1.19. The van der Waals surface area contributed by atoms with Crippen molar-refractivity contribution in [1.29, 1.82) is 0 Å². The number of benzene rings is 2. The number of methoxy groups -OCH3 is 3. The van der Waals surface area contributed by atoms with E-state index >= 15 is 0 Å². The van der Waals surface area contributed by atoms with E-state index in [4.69, 9.17) is 18.9 Å². The maximum absolute atomic E-state index is 12.8. The van der Waals surface area contributed by atoms with Gasteiger partial charge in [-0.05, 0) is 37.3 Å². The van der Waals surface area contributed by atoms with Crippen LogP contribution >= 0.6 is 11.3 Å². The van der Waals surface area contributed by atoms with Crippen LogP contribution in [0.2, 0.25) is 0 Å². The highest BCUT2D eigenvalue weighted by Crippen LogP contribution is 2.39. The second kappa shape index (κ2) is 8.75. The smallest absolute Gasteiger partial charge is 0.265 e. The molecule has 0 unspecified atom stereocenters. The van der Waals surface area contributed by atoms with E-state index in [-0.39, 0.29) is 11.8 Å². The van der Waals surface area contributed by atoms with Crippen LogP contribution in [0.15, 0.2) is 35.7 Å². The van der Waals surface area contributed by atoms with Gasteiger partial charge in [-0.3, -0.25) is 14.9 Å². The average Bonchev–Trinajstić information content (AvgIpc) is 3.26. The molecule has 0 spiro atoms. The van der Waals surface area contributed by atoms with E-state index in [0.717, 1.165) is 5.56 Å².